The first-order chi connectivity index (χ1) is 20.5. The lowest BCUT2D eigenvalue weighted by atomic mass is 10.1. The first-order valence-corrected chi connectivity index (χ1v) is 14.6. The lowest BCUT2D eigenvalue weighted by Crippen LogP contribution is -2.46. The van der Waals surface area contributed by atoms with E-state index < -0.39 is 12.1 Å². The second kappa shape index (κ2) is 13.5. The summed E-state index contributed by atoms with van der Waals surface area (Å²) in [7, 11) is 0. The molecular formula is C31H39N7O4. The molecule has 1 saturated heterocycles. The predicted octanol–water partition coefficient (Wildman–Crippen LogP) is 4.67. The summed E-state index contributed by atoms with van der Waals surface area (Å²) in [6, 6.07) is 17.1. The van der Waals surface area contributed by atoms with Gasteiger partial charge in [0.2, 0.25) is 0 Å². The number of nitrogens with two attached hydrogens (primary N) is 2. The SMILES string of the molecule is CCN(Cc1nc2c(N)nc3ccccc3c2n1CCCCN(C(N)=O)C1CCOCC1)C(=O)OCc1ccccc1. The van der Waals surface area contributed by atoms with Crippen molar-refractivity contribution in [1.29, 1.82) is 0 Å². The van der Waals surface area contributed by atoms with E-state index in [1.54, 1.807) is 9.80 Å². The van der Waals surface area contributed by atoms with E-state index in [0.29, 0.717) is 50.0 Å². The number of ether oxygens (including phenoxy) is 2. The van der Waals surface area contributed by atoms with E-state index in [0.717, 1.165) is 47.7 Å². The van der Waals surface area contributed by atoms with Gasteiger partial charge in [-0.05, 0) is 44.2 Å². The second-order valence-corrected chi connectivity index (χ2v) is 10.5. The van der Waals surface area contributed by atoms with Crippen molar-refractivity contribution in [2.24, 2.45) is 5.73 Å². The third-order valence-electron chi connectivity index (χ3n) is 7.81. The number of carbonyl (C=O) groups excluding carboxylic acids is 2. The first-order valence-electron chi connectivity index (χ1n) is 14.6. The quantitative estimate of drug-likeness (QED) is 0.248. The average molecular weight is 574 g/mol. The zero-order valence-corrected chi connectivity index (χ0v) is 24.1. The molecule has 42 heavy (non-hydrogen) atoms. The minimum Gasteiger partial charge on any atom is -0.445 e. The van der Waals surface area contributed by atoms with Crippen LogP contribution in [0.4, 0.5) is 15.4 Å². The van der Waals surface area contributed by atoms with Gasteiger partial charge in [0.25, 0.3) is 0 Å². The number of pyridine rings is 1. The Balaban J connectivity index is 1.37. The lowest BCUT2D eigenvalue weighted by Gasteiger charge is -2.33. The van der Waals surface area contributed by atoms with Crippen LogP contribution >= 0.6 is 0 Å². The van der Waals surface area contributed by atoms with Gasteiger partial charge in [0.1, 0.15) is 17.9 Å². The van der Waals surface area contributed by atoms with Crippen molar-refractivity contribution in [1.82, 2.24) is 24.3 Å². The Kier molecular flexibility index (Phi) is 9.38. The van der Waals surface area contributed by atoms with E-state index in [9.17, 15) is 9.59 Å². The summed E-state index contributed by atoms with van der Waals surface area (Å²) in [5, 5.41) is 0.941. The number of carbonyl (C=O) groups is 2. The highest BCUT2D eigenvalue weighted by molar-refractivity contribution is 6.06. The van der Waals surface area contributed by atoms with E-state index in [-0.39, 0.29) is 19.2 Å². The monoisotopic (exact) mass is 573 g/mol. The standard InChI is InChI=1S/C31H39N7O4/c1-2-36(31(40)42-21-22-10-4-3-5-11-22)20-26-35-27-28(24-12-6-7-13-25(24)34-29(27)32)38(26)17-9-8-16-37(30(33)39)23-14-18-41-19-15-23/h3-7,10-13,23H,2,8-9,14-21H2,1H3,(H2,32,34)(H2,33,39). The highest BCUT2D eigenvalue weighted by Crippen LogP contribution is 2.30. The van der Waals surface area contributed by atoms with Gasteiger partial charge in [0.15, 0.2) is 5.82 Å². The van der Waals surface area contributed by atoms with Crippen LogP contribution in [-0.4, -0.2) is 68.8 Å². The number of primary amides is 1. The molecule has 0 saturated carbocycles. The number of imidazole rings is 1. The number of amides is 3. The summed E-state index contributed by atoms with van der Waals surface area (Å²) < 4.78 is 13.2. The van der Waals surface area contributed by atoms with Gasteiger partial charge in [0.05, 0.1) is 17.6 Å². The fourth-order valence-corrected chi connectivity index (χ4v) is 5.57. The molecule has 1 fully saturated rings. The molecule has 5 rings (SSSR count). The minimum absolute atomic E-state index is 0.107. The van der Waals surface area contributed by atoms with Crippen LogP contribution in [0.2, 0.25) is 0 Å². The number of benzene rings is 2. The number of nitrogen functional groups attached to an aromatic ring is 1. The summed E-state index contributed by atoms with van der Waals surface area (Å²) in [6.07, 6.45) is 2.71. The molecule has 0 atom stereocenters. The Hall–Kier alpha value is -4.38. The van der Waals surface area contributed by atoms with Gasteiger partial charge in [-0.15, -0.1) is 0 Å². The normalized spacial score (nSPS) is 13.8. The topological polar surface area (TPSA) is 142 Å². The van der Waals surface area contributed by atoms with Gasteiger partial charge in [0, 0.05) is 44.3 Å². The van der Waals surface area contributed by atoms with Crippen LogP contribution in [0.15, 0.2) is 54.6 Å². The van der Waals surface area contributed by atoms with Crippen LogP contribution in [0, 0.1) is 0 Å². The van der Waals surface area contributed by atoms with Crippen molar-refractivity contribution in [2.45, 2.75) is 58.3 Å². The number of rotatable bonds is 11. The molecule has 1 aliphatic heterocycles. The number of unbranched alkanes of at least 4 members (excludes halogenated alkanes) is 1. The number of para-hydroxylation sites is 1. The highest BCUT2D eigenvalue weighted by atomic mass is 16.6. The number of fused-ring (bicyclic) bond motifs is 3. The lowest BCUT2D eigenvalue weighted by molar-refractivity contribution is 0.0468. The Morgan fingerprint density at radius 1 is 1.05 bits per heavy atom. The van der Waals surface area contributed by atoms with E-state index in [2.05, 4.69) is 9.55 Å². The zero-order chi connectivity index (χ0) is 29.5. The number of nitrogens with zero attached hydrogens (tertiary/aromatic N) is 5. The van der Waals surface area contributed by atoms with E-state index in [4.69, 9.17) is 25.9 Å². The van der Waals surface area contributed by atoms with Crippen LogP contribution in [-0.2, 0) is 29.2 Å². The minimum atomic E-state index is -0.413. The number of anilines is 1. The molecular weight excluding hydrogens is 534 g/mol. The summed E-state index contributed by atoms with van der Waals surface area (Å²) in [5.41, 5.74) is 15.3. The van der Waals surface area contributed by atoms with Crippen LogP contribution in [0.3, 0.4) is 0 Å². The van der Waals surface area contributed by atoms with Crippen molar-refractivity contribution in [2.75, 3.05) is 32.0 Å². The van der Waals surface area contributed by atoms with E-state index >= 15 is 0 Å². The van der Waals surface area contributed by atoms with Gasteiger partial charge in [-0.2, -0.15) is 0 Å². The number of hydrogen-bond acceptors (Lipinski definition) is 7. The molecule has 0 aliphatic carbocycles. The molecule has 0 unspecified atom stereocenters. The summed E-state index contributed by atoms with van der Waals surface area (Å²) in [4.78, 5) is 38.2. The van der Waals surface area contributed by atoms with Gasteiger partial charge >= 0.3 is 12.1 Å². The fraction of sp³-hybridized carbons (Fsp3) is 0.419. The Bertz CT molecular complexity index is 1520. The van der Waals surface area contributed by atoms with Crippen LogP contribution in [0.5, 0.6) is 0 Å². The molecule has 1 aliphatic rings. The third kappa shape index (κ3) is 6.57. The largest absolute Gasteiger partial charge is 0.445 e. The van der Waals surface area contributed by atoms with Crippen LogP contribution in [0.1, 0.15) is 44.0 Å². The van der Waals surface area contributed by atoms with Gasteiger partial charge in [-0.25, -0.2) is 19.6 Å². The molecule has 11 heteroatoms. The summed E-state index contributed by atoms with van der Waals surface area (Å²) in [6.45, 7) is 5.28. The maximum atomic E-state index is 13.1. The molecule has 2 aromatic heterocycles. The molecule has 0 bridgehead atoms. The Morgan fingerprint density at radius 2 is 1.79 bits per heavy atom. The average Bonchev–Trinajstić information content (AvgIpc) is 3.38. The van der Waals surface area contributed by atoms with Crippen LogP contribution in [0.25, 0.3) is 21.9 Å². The molecule has 222 valence electrons. The zero-order valence-electron chi connectivity index (χ0n) is 24.1. The fourth-order valence-electron chi connectivity index (χ4n) is 5.57. The van der Waals surface area contributed by atoms with E-state index in [1.807, 2.05) is 61.5 Å². The Morgan fingerprint density at radius 3 is 2.52 bits per heavy atom. The number of urea groups is 1. The third-order valence-corrected chi connectivity index (χ3v) is 7.81. The van der Waals surface area contributed by atoms with E-state index in [1.165, 1.54) is 0 Å². The van der Waals surface area contributed by atoms with Gasteiger partial charge in [-0.1, -0.05) is 48.5 Å². The highest BCUT2D eigenvalue weighted by Gasteiger charge is 2.25. The van der Waals surface area contributed by atoms with Crippen molar-refractivity contribution in [3.63, 3.8) is 0 Å². The summed E-state index contributed by atoms with van der Waals surface area (Å²) in [5.74, 6) is 1.04. The Labute approximate surface area is 245 Å². The molecule has 3 amide bonds. The molecule has 0 spiro atoms. The molecule has 3 heterocycles. The summed E-state index contributed by atoms with van der Waals surface area (Å²) >= 11 is 0. The first kappa shape index (κ1) is 29.1. The second-order valence-electron chi connectivity index (χ2n) is 10.5. The van der Waals surface area contributed by atoms with Gasteiger partial charge < -0.3 is 35.3 Å². The maximum Gasteiger partial charge on any atom is 0.410 e. The molecule has 2 aromatic carbocycles. The van der Waals surface area contributed by atoms with Crippen molar-refractivity contribution >= 4 is 39.9 Å². The molecule has 4 aromatic rings. The van der Waals surface area contributed by atoms with Crippen molar-refractivity contribution in [3.05, 3.63) is 66.0 Å². The molecule has 0 radical (unpaired) electrons. The molecule has 11 nitrogen and oxygen atoms in total. The molecule has 4 N–H and O–H groups in total. The predicted molar refractivity (Wildman–Crippen MR) is 162 cm³/mol. The van der Waals surface area contributed by atoms with Gasteiger partial charge in [-0.3, -0.25) is 0 Å². The van der Waals surface area contributed by atoms with Crippen molar-refractivity contribution in [3.8, 4) is 0 Å². The maximum absolute atomic E-state index is 13.1. The van der Waals surface area contributed by atoms with Crippen molar-refractivity contribution < 1.29 is 19.1 Å². The number of aryl methyl sites for hydroxylation is 1. The smallest absolute Gasteiger partial charge is 0.410 e. The van der Waals surface area contributed by atoms with Crippen LogP contribution < -0.4 is 11.5 Å². The number of aromatic nitrogens is 3. The number of hydrogen-bond donors (Lipinski definition) is 2.